The molecule has 0 saturated carbocycles. The minimum absolute atomic E-state index is 0.177. The smallest absolute Gasteiger partial charge is 0.338 e. The molecule has 7 nitrogen and oxygen atoms in total. The lowest BCUT2D eigenvalue weighted by molar-refractivity contribution is -0.129. The van der Waals surface area contributed by atoms with Gasteiger partial charge in [0.25, 0.3) is 11.5 Å². The summed E-state index contributed by atoms with van der Waals surface area (Å²) < 4.78 is 6.75. The van der Waals surface area contributed by atoms with Gasteiger partial charge in [0.05, 0.1) is 22.2 Å². The number of amides is 1. The number of esters is 1. The van der Waals surface area contributed by atoms with E-state index in [2.05, 4.69) is 10.3 Å². The van der Waals surface area contributed by atoms with Crippen molar-refractivity contribution in [1.82, 2.24) is 14.9 Å². The van der Waals surface area contributed by atoms with Gasteiger partial charge in [0.1, 0.15) is 5.82 Å². The van der Waals surface area contributed by atoms with Crippen LogP contribution in [0.15, 0.2) is 53.3 Å². The third kappa shape index (κ3) is 4.56. The molecule has 3 aromatic rings. The number of aryl methyl sites for hydroxylation is 1. The first-order valence-electron chi connectivity index (χ1n) is 9.85. The number of fused-ring (bicyclic) bond motifs is 1. The van der Waals surface area contributed by atoms with Crippen molar-refractivity contribution in [2.75, 3.05) is 6.54 Å². The molecule has 2 aromatic carbocycles. The highest BCUT2D eigenvalue weighted by atomic mass is 16.5. The molecule has 0 aliphatic rings. The highest BCUT2D eigenvalue weighted by Gasteiger charge is 2.19. The van der Waals surface area contributed by atoms with Gasteiger partial charge in [-0.2, -0.15) is 0 Å². The summed E-state index contributed by atoms with van der Waals surface area (Å²) in [5, 5.41) is 3.26. The van der Waals surface area contributed by atoms with Crippen LogP contribution in [0.1, 0.15) is 37.0 Å². The van der Waals surface area contributed by atoms with E-state index in [9.17, 15) is 14.4 Å². The third-order valence-electron chi connectivity index (χ3n) is 4.64. The molecule has 3 rings (SSSR count). The molecule has 0 aliphatic carbocycles. The van der Waals surface area contributed by atoms with Gasteiger partial charge in [0.2, 0.25) is 0 Å². The second-order valence-corrected chi connectivity index (χ2v) is 7.55. The monoisotopic (exact) mass is 407 g/mol. The van der Waals surface area contributed by atoms with Crippen molar-refractivity contribution < 1.29 is 14.3 Å². The number of hydrogen-bond donors (Lipinski definition) is 1. The first-order valence-corrected chi connectivity index (χ1v) is 9.85. The molecule has 1 amide bonds. The Morgan fingerprint density at radius 2 is 1.73 bits per heavy atom. The Hall–Kier alpha value is -3.48. The number of aromatic nitrogens is 2. The SMILES string of the molecule is Cc1nc2ccccc2c(=O)n1-c1ccc(C(=O)O[C@@H](C)C(=O)NCC(C)C)cc1. The summed E-state index contributed by atoms with van der Waals surface area (Å²) in [6.07, 6.45) is -0.898. The molecule has 1 N–H and O–H groups in total. The van der Waals surface area contributed by atoms with Crippen molar-refractivity contribution in [3.05, 3.63) is 70.3 Å². The summed E-state index contributed by atoms with van der Waals surface area (Å²) in [5.41, 5.74) is 1.35. The summed E-state index contributed by atoms with van der Waals surface area (Å²) in [6.45, 7) is 7.77. The molecule has 30 heavy (non-hydrogen) atoms. The summed E-state index contributed by atoms with van der Waals surface area (Å²) in [6, 6.07) is 13.6. The molecule has 0 aliphatic heterocycles. The molecule has 0 saturated heterocycles. The van der Waals surface area contributed by atoms with Gasteiger partial charge in [-0.15, -0.1) is 0 Å². The van der Waals surface area contributed by atoms with Crippen LogP contribution in [0.25, 0.3) is 16.6 Å². The Bertz CT molecular complexity index is 1130. The van der Waals surface area contributed by atoms with Gasteiger partial charge in [-0.1, -0.05) is 26.0 Å². The predicted molar refractivity (Wildman–Crippen MR) is 115 cm³/mol. The summed E-state index contributed by atoms with van der Waals surface area (Å²) >= 11 is 0. The van der Waals surface area contributed by atoms with Crippen molar-refractivity contribution in [3.63, 3.8) is 0 Å². The van der Waals surface area contributed by atoms with E-state index in [0.717, 1.165) is 0 Å². The first-order chi connectivity index (χ1) is 14.3. The van der Waals surface area contributed by atoms with Crippen LogP contribution >= 0.6 is 0 Å². The molecule has 1 aromatic heterocycles. The fourth-order valence-electron chi connectivity index (χ4n) is 3.02. The summed E-state index contributed by atoms with van der Waals surface area (Å²) in [5.74, 6) is -0.0853. The predicted octanol–water partition coefficient (Wildman–Crippen LogP) is 3.01. The minimum atomic E-state index is -0.898. The van der Waals surface area contributed by atoms with Crippen LogP contribution in [-0.2, 0) is 9.53 Å². The van der Waals surface area contributed by atoms with Crippen molar-refractivity contribution >= 4 is 22.8 Å². The maximum Gasteiger partial charge on any atom is 0.338 e. The summed E-state index contributed by atoms with van der Waals surface area (Å²) in [7, 11) is 0. The third-order valence-corrected chi connectivity index (χ3v) is 4.64. The largest absolute Gasteiger partial charge is 0.449 e. The van der Waals surface area contributed by atoms with Gasteiger partial charge in [0, 0.05) is 6.54 Å². The fourth-order valence-corrected chi connectivity index (χ4v) is 3.02. The van der Waals surface area contributed by atoms with E-state index in [1.165, 1.54) is 11.5 Å². The number of hydrogen-bond acceptors (Lipinski definition) is 5. The Morgan fingerprint density at radius 1 is 1.07 bits per heavy atom. The van der Waals surface area contributed by atoms with Crippen molar-refractivity contribution in [1.29, 1.82) is 0 Å². The van der Waals surface area contributed by atoms with Gasteiger partial charge >= 0.3 is 5.97 Å². The topological polar surface area (TPSA) is 90.3 Å². The Balaban J connectivity index is 1.78. The molecule has 1 heterocycles. The number of carbonyl (C=O) groups excluding carboxylic acids is 2. The zero-order valence-electron chi connectivity index (χ0n) is 17.5. The number of benzene rings is 2. The number of nitrogens with zero attached hydrogens (tertiary/aromatic N) is 2. The maximum absolute atomic E-state index is 12.9. The Kier molecular flexibility index (Phi) is 6.30. The van der Waals surface area contributed by atoms with E-state index in [4.69, 9.17) is 4.74 Å². The first kappa shape index (κ1) is 21.2. The maximum atomic E-state index is 12.9. The normalized spacial score (nSPS) is 12.0. The van der Waals surface area contributed by atoms with E-state index in [0.29, 0.717) is 40.4 Å². The van der Waals surface area contributed by atoms with Crippen LogP contribution in [0, 0.1) is 12.8 Å². The van der Waals surface area contributed by atoms with Crippen molar-refractivity contribution in [2.24, 2.45) is 5.92 Å². The van der Waals surface area contributed by atoms with Crippen molar-refractivity contribution in [2.45, 2.75) is 33.8 Å². The second-order valence-electron chi connectivity index (χ2n) is 7.55. The number of para-hydroxylation sites is 1. The molecule has 7 heteroatoms. The zero-order valence-corrected chi connectivity index (χ0v) is 17.5. The lowest BCUT2D eigenvalue weighted by atomic mass is 10.2. The highest BCUT2D eigenvalue weighted by molar-refractivity contribution is 5.92. The van der Waals surface area contributed by atoms with Crippen LogP contribution in [0.4, 0.5) is 0 Å². The van der Waals surface area contributed by atoms with E-state index in [-0.39, 0.29) is 11.5 Å². The van der Waals surface area contributed by atoms with Gasteiger partial charge in [-0.25, -0.2) is 9.78 Å². The standard InChI is InChI=1S/C23H25N3O4/c1-14(2)13-24-21(27)15(3)30-23(29)17-9-11-18(12-10-17)26-16(4)25-20-8-6-5-7-19(20)22(26)28/h5-12,14-15H,13H2,1-4H3,(H,24,27)/t15-/m0/s1. The van der Waals surface area contributed by atoms with Crippen LogP contribution in [0.5, 0.6) is 0 Å². The minimum Gasteiger partial charge on any atom is -0.449 e. The van der Waals surface area contributed by atoms with E-state index in [1.54, 1.807) is 49.4 Å². The molecule has 0 unspecified atom stereocenters. The van der Waals surface area contributed by atoms with Crippen molar-refractivity contribution in [3.8, 4) is 5.69 Å². The summed E-state index contributed by atoms with van der Waals surface area (Å²) in [4.78, 5) is 41.7. The van der Waals surface area contributed by atoms with Gasteiger partial charge < -0.3 is 10.1 Å². The lowest BCUT2D eigenvalue weighted by Crippen LogP contribution is -2.37. The van der Waals surface area contributed by atoms with Gasteiger partial charge in [-0.05, 0) is 56.2 Å². The second kappa shape index (κ2) is 8.90. The molecular weight excluding hydrogens is 382 g/mol. The molecular formula is C23H25N3O4. The molecule has 1 atom stereocenters. The number of rotatable bonds is 6. The molecule has 0 fully saturated rings. The average Bonchev–Trinajstić information content (AvgIpc) is 2.72. The van der Waals surface area contributed by atoms with Crippen LogP contribution in [0.3, 0.4) is 0 Å². The Morgan fingerprint density at radius 3 is 2.40 bits per heavy atom. The van der Waals surface area contributed by atoms with E-state index >= 15 is 0 Å². The van der Waals surface area contributed by atoms with Gasteiger partial charge in [-0.3, -0.25) is 14.2 Å². The fraction of sp³-hybridized carbons (Fsp3) is 0.304. The van der Waals surface area contributed by atoms with Crippen LogP contribution in [-0.4, -0.2) is 34.1 Å². The average molecular weight is 407 g/mol. The quantitative estimate of drug-likeness (QED) is 0.635. The molecule has 0 radical (unpaired) electrons. The molecule has 0 bridgehead atoms. The highest BCUT2D eigenvalue weighted by Crippen LogP contribution is 2.14. The number of ether oxygens (including phenoxy) is 1. The Labute approximate surface area is 174 Å². The van der Waals surface area contributed by atoms with Crippen LogP contribution in [0.2, 0.25) is 0 Å². The van der Waals surface area contributed by atoms with Gasteiger partial charge in [0.15, 0.2) is 6.10 Å². The lowest BCUT2D eigenvalue weighted by Gasteiger charge is -2.15. The van der Waals surface area contributed by atoms with E-state index < -0.39 is 12.1 Å². The molecule has 0 spiro atoms. The molecule has 156 valence electrons. The zero-order chi connectivity index (χ0) is 21.8. The van der Waals surface area contributed by atoms with Crippen LogP contribution < -0.4 is 10.9 Å². The number of carbonyl (C=O) groups is 2. The number of nitrogens with one attached hydrogen (secondary N) is 1. The van der Waals surface area contributed by atoms with E-state index in [1.807, 2.05) is 19.9 Å².